The summed E-state index contributed by atoms with van der Waals surface area (Å²) in [6.45, 7) is 0. The highest BCUT2D eigenvalue weighted by atomic mass is 19.1. The van der Waals surface area contributed by atoms with Crippen LogP contribution in [0, 0.1) is 5.82 Å². The highest BCUT2D eigenvalue weighted by Gasteiger charge is 2.13. The molecule has 10 heteroatoms. The van der Waals surface area contributed by atoms with Crippen molar-refractivity contribution in [3.63, 3.8) is 0 Å². The van der Waals surface area contributed by atoms with Crippen molar-refractivity contribution in [1.82, 2.24) is 19.1 Å². The number of amides is 1. The number of carbonyl (C=O) groups excluding carboxylic acids is 1. The number of aromatic nitrogens is 4. The molecule has 9 nitrogen and oxygen atoms in total. The first-order valence-corrected chi connectivity index (χ1v) is 9.40. The fourth-order valence-corrected chi connectivity index (χ4v) is 3.15. The smallest absolute Gasteiger partial charge is 0.332 e. The van der Waals surface area contributed by atoms with Crippen molar-refractivity contribution in [2.45, 2.75) is 12.8 Å². The van der Waals surface area contributed by atoms with Crippen LogP contribution in [0.1, 0.15) is 12.3 Å². The molecule has 0 aliphatic heterocycles. The van der Waals surface area contributed by atoms with Crippen LogP contribution in [0.5, 0.6) is 0 Å². The molecular formula is C21H18FN5O4. The van der Waals surface area contributed by atoms with Crippen LogP contribution in [0.15, 0.2) is 56.7 Å². The topological polar surface area (TPSA) is 112 Å². The van der Waals surface area contributed by atoms with Gasteiger partial charge in [0.1, 0.15) is 11.5 Å². The predicted octanol–water partition coefficient (Wildman–Crippen LogP) is 2.00. The number of halogens is 1. The SMILES string of the molecule is Cn1c(=O)c2cc(NC(=O)CCc3ncc(-c4ccc(F)cc4)o3)cnc2n(C)c1=O. The Morgan fingerprint density at radius 2 is 1.84 bits per heavy atom. The van der Waals surface area contributed by atoms with E-state index in [4.69, 9.17) is 4.42 Å². The van der Waals surface area contributed by atoms with Crippen molar-refractivity contribution in [3.05, 3.63) is 75.3 Å². The molecule has 0 spiro atoms. The Balaban J connectivity index is 1.45. The lowest BCUT2D eigenvalue weighted by Gasteiger charge is -2.09. The maximum absolute atomic E-state index is 13.0. The number of nitrogens with one attached hydrogen (secondary N) is 1. The van der Waals surface area contributed by atoms with Crippen LogP contribution in [0.4, 0.5) is 10.1 Å². The minimum Gasteiger partial charge on any atom is -0.441 e. The number of oxazole rings is 1. The average Bonchev–Trinajstić information content (AvgIpc) is 3.24. The number of hydrogen-bond donors (Lipinski definition) is 1. The molecule has 4 aromatic rings. The molecule has 0 saturated carbocycles. The molecule has 0 aliphatic rings. The first-order valence-electron chi connectivity index (χ1n) is 9.40. The molecule has 0 fully saturated rings. The largest absolute Gasteiger partial charge is 0.441 e. The van der Waals surface area contributed by atoms with E-state index in [9.17, 15) is 18.8 Å². The molecule has 0 atom stereocenters. The Bertz CT molecular complexity index is 1400. The second kappa shape index (κ2) is 7.98. The van der Waals surface area contributed by atoms with Gasteiger partial charge in [-0.05, 0) is 30.3 Å². The van der Waals surface area contributed by atoms with E-state index >= 15 is 0 Å². The van der Waals surface area contributed by atoms with E-state index in [1.54, 1.807) is 12.1 Å². The fourth-order valence-electron chi connectivity index (χ4n) is 3.15. The average molecular weight is 423 g/mol. The summed E-state index contributed by atoms with van der Waals surface area (Å²) in [5, 5.41) is 2.90. The second-order valence-electron chi connectivity index (χ2n) is 6.97. The van der Waals surface area contributed by atoms with E-state index in [1.807, 2.05) is 0 Å². The van der Waals surface area contributed by atoms with Crippen LogP contribution in [0.25, 0.3) is 22.4 Å². The minimum atomic E-state index is -0.491. The Hall–Kier alpha value is -4.08. The van der Waals surface area contributed by atoms with Gasteiger partial charge in [-0.15, -0.1) is 0 Å². The summed E-state index contributed by atoms with van der Waals surface area (Å²) in [6, 6.07) is 7.31. The van der Waals surface area contributed by atoms with Gasteiger partial charge in [0.25, 0.3) is 5.56 Å². The van der Waals surface area contributed by atoms with Crippen LogP contribution in [-0.4, -0.2) is 25.0 Å². The molecule has 158 valence electrons. The van der Waals surface area contributed by atoms with E-state index in [0.717, 1.165) is 4.57 Å². The number of aryl methyl sites for hydroxylation is 2. The summed E-state index contributed by atoms with van der Waals surface area (Å²) in [5.74, 6) is 0.193. The van der Waals surface area contributed by atoms with Gasteiger partial charge in [-0.25, -0.2) is 19.2 Å². The van der Waals surface area contributed by atoms with E-state index in [0.29, 0.717) is 22.9 Å². The maximum atomic E-state index is 13.0. The lowest BCUT2D eigenvalue weighted by Crippen LogP contribution is -2.37. The maximum Gasteiger partial charge on any atom is 0.332 e. The summed E-state index contributed by atoms with van der Waals surface area (Å²) in [4.78, 5) is 44.9. The zero-order valence-electron chi connectivity index (χ0n) is 16.8. The minimum absolute atomic E-state index is 0.0900. The summed E-state index contributed by atoms with van der Waals surface area (Å²) in [5.41, 5.74) is 0.289. The summed E-state index contributed by atoms with van der Waals surface area (Å²) < 4.78 is 20.9. The number of rotatable bonds is 5. The first-order chi connectivity index (χ1) is 14.8. The van der Waals surface area contributed by atoms with Gasteiger partial charge < -0.3 is 9.73 Å². The molecule has 0 saturated heterocycles. The van der Waals surface area contributed by atoms with Gasteiger partial charge in [0.05, 0.1) is 23.5 Å². The third-order valence-electron chi connectivity index (χ3n) is 4.83. The molecule has 3 aromatic heterocycles. The number of pyridine rings is 1. The number of nitrogens with zero attached hydrogens (tertiary/aromatic N) is 4. The lowest BCUT2D eigenvalue weighted by atomic mass is 10.2. The predicted molar refractivity (Wildman–Crippen MR) is 111 cm³/mol. The van der Waals surface area contributed by atoms with Crippen molar-refractivity contribution in [2.75, 3.05) is 5.32 Å². The number of anilines is 1. The van der Waals surface area contributed by atoms with Crippen LogP contribution >= 0.6 is 0 Å². The standard InChI is InChI=1S/C21H18FN5O4/c1-26-19-15(20(29)27(2)21(26)30)9-14(10-24-19)25-17(28)7-8-18-23-11-16(31-18)12-3-5-13(22)6-4-12/h3-6,9-11H,7-8H2,1-2H3,(H,25,28). The molecule has 1 aromatic carbocycles. The summed E-state index contributed by atoms with van der Waals surface area (Å²) >= 11 is 0. The molecule has 1 amide bonds. The van der Waals surface area contributed by atoms with Crippen LogP contribution in [0.2, 0.25) is 0 Å². The van der Waals surface area contributed by atoms with Gasteiger partial charge in [-0.1, -0.05) is 0 Å². The zero-order valence-corrected chi connectivity index (χ0v) is 16.8. The van der Waals surface area contributed by atoms with Gasteiger partial charge in [0, 0.05) is 32.5 Å². The van der Waals surface area contributed by atoms with Crippen LogP contribution in [-0.2, 0) is 25.3 Å². The van der Waals surface area contributed by atoms with Crippen molar-refractivity contribution in [1.29, 1.82) is 0 Å². The molecule has 1 N–H and O–H groups in total. The fraction of sp³-hybridized carbons (Fsp3) is 0.190. The van der Waals surface area contributed by atoms with Gasteiger partial charge >= 0.3 is 5.69 Å². The lowest BCUT2D eigenvalue weighted by molar-refractivity contribution is -0.116. The molecule has 0 radical (unpaired) electrons. The molecule has 0 bridgehead atoms. The van der Waals surface area contributed by atoms with E-state index in [1.165, 1.54) is 49.3 Å². The monoisotopic (exact) mass is 423 g/mol. The van der Waals surface area contributed by atoms with Crippen molar-refractivity contribution in [3.8, 4) is 11.3 Å². The zero-order chi connectivity index (χ0) is 22.1. The Kier molecular flexibility index (Phi) is 5.20. The van der Waals surface area contributed by atoms with Gasteiger partial charge in [-0.3, -0.25) is 18.7 Å². The molecule has 31 heavy (non-hydrogen) atoms. The van der Waals surface area contributed by atoms with Gasteiger partial charge in [0.2, 0.25) is 5.91 Å². The van der Waals surface area contributed by atoms with E-state index < -0.39 is 11.2 Å². The highest BCUT2D eigenvalue weighted by Crippen LogP contribution is 2.21. The number of hydrogen-bond acceptors (Lipinski definition) is 6. The van der Waals surface area contributed by atoms with Gasteiger partial charge in [-0.2, -0.15) is 0 Å². The third-order valence-corrected chi connectivity index (χ3v) is 4.83. The first kappa shape index (κ1) is 20.2. The van der Waals surface area contributed by atoms with Crippen molar-refractivity contribution >= 4 is 22.6 Å². The number of benzene rings is 1. The van der Waals surface area contributed by atoms with Crippen LogP contribution < -0.4 is 16.6 Å². The molecule has 3 heterocycles. The van der Waals surface area contributed by atoms with Crippen LogP contribution in [0.3, 0.4) is 0 Å². The normalized spacial score (nSPS) is 11.1. The number of carbonyl (C=O) groups is 1. The summed E-state index contributed by atoms with van der Waals surface area (Å²) in [7, 11) is 2.90. The number of fused-ring (bicyclic) bond motifs is 1. The molecular weight excluding hydrogens is 405 g/mol. The summed E-state index contributed by atoms with van der Waals surface area (Å²) in [6.07, 6.45) is 3.25. The quantitative estimate of drug-likeness (QED) is 0.526. The second-order valence-corrected chi connectivity index (χ2v) is 6.97. The molecule has 4 rings (SSSR count). The highest BCUT2D eigenvalue weighted by molar-refractivity contribution is 5.92. The molecule has 0 unspecified atom stereocenters. The third kappa shape index (κ3) is 4.00. The Morgan fingerprint density at radius 3 is 2.58 bits per heavy atom. The Morgan fingerprint density at radius 1 is 1.10 bits per heavy atom. The Labute approximate surface area is 174 Å². The van der Waals surface area contributed by atoms with Crippen molar-refractivity contribution < 1.29 is 13.6 Å². The molecule has 0 aliphatic carbocycles. The van der Waals surface area contributed by atoms with E-state index in [2.05, 4.69) is 15.3 Å². The van der Waals surface area contributed by atoms with E-state index in [-0.39, 0.29) is 35.6 Å². The van der Waals surface area contributed by atoms with Crippen molar-refractivity contribution in [2.24, 2.45) is 14.1 Å². The van der Waals surface area contributed by atoms with Gasteiger partial charge in [0.15, 0.2) is 11.7 Å².